The quantitative estimate of drug-likeness (QED) is 0.483. The number of ether oxygens (including phenoxy) is 1. The smallest absolute Gasteiger partial charge is 0.324 e. The lowest BCUT2D eigenvalue weighted by Gasteiger charge is -2.14. The number of thioether (sulfide) groups is 1. The summed E-state index contributed by atoms with van der Waals surface area (Å²) in [4.78, 5) is 17.0. The third-order valence-electron chi connectivity index (χ3n) is 3.37. The van der Waals surface area contributed by atoms with Gasteiger partial charge in [0.2, 0.25) is 0 Å². The predicted molar refractivity (Wildman–Crippen MR) is 96.0 cm³/mol. The van der Waals surface area contributed by atoms with Crippen LogP contribution >= 0.6 is 23.1 Å². The fourth-order valence-corrected chi connectivity index (χ4v) is 4.47. The van der Waals surface area contributed by atoms with Crippen molar-refractivity contribution in [3.8, 4) is 0 Å². The van der Waals surface area contributed by atoms with E-state index in [1.54, 1.807) is 11.3 Å². The van der Waals surface area contributed by atoms with Crippen molar-refractivity contribution in [1.29, 1.82) is 0 Å². The molecule has 1 unspecified atom stereocenters. The van der Waals surface area contributed by atoms with Crippen LogP contribution in [0.25, 0.3) is 10.2 Å². The first-order valence-corrected chi connectivity index (χ1v) is 9.12. The maximum absolute atomic E-state index is 12.4. The van der Waals surface area contributed by atoms with Gasteiger partial charge in [-0.15, -0.1) is 11.3 Å². The van der Waals surface area contributed by atoms with Gasteiger partial charge >= 0.3 is 5.97 Å². The number of rotatable bonds is 5. The molecule has 0 aliphatic rings. The Bertz CT molecular complexity index is 778. The van der Waals surface area contributed by atoms with Crippen LogP contribution in [0.1, 0.15) is 23.3 Å². The number of thiazole rings is 1. The maximum atomic E-state index is 12.4. The highest BCUT2D eigenvalue weighted by atomic mass is 32.2. The van der Waals surface area contributed by atoms with Crippen LogP contribution < -0.4 is 0 Å². The van der Waals surface area contributed by atoms with Gasteiger partial charge in [0.25, 0.3) is 0 Å². The zero-order valence-corrected chi connectivity index (χ0v) is 14.6. The van der Waals surface area contributed by atoms with Gasteiger partial charge in [-0.1, -0.05) is 53.7 Å². The fraction of sp³-hybridized carbons (Fsp3) is 0.222. The minimum absolute atomic E-state index is 0.222. The van der Waals surface area contributed by atoms with E-state index in [0.29, 0.717) is 6.61 Å². The van der Waals surface area contributed by atoms with E-state index in [1.165, 1.54) is 17.3 Å². The number of aryl methyl sites for hydroxylation is 1. The van der Waals surface area contributed by atoms with Crippen LogP contribution in [-0.2, 0) is 9.53 Å². The Hall–Kier alpha value is -1.85. The molecule has 1 aromatic heterocycles. The van der Waals surface area contributed by atoms with Crippen LogP contribution in [0.2, 0.25) is 0 Å². The molecule has 0 aliphatic carbocycles. The van der Waals surface area contributed by atoms with Crippen LogP contribution in [0.4, 0.5) is 0 Å². The lowest BCUT2D eigenvalue weighted by atomic mass is 10.1. The lowest BCUT2D eigenvalue weighted by Crippen LogP contribution is -2.13. The lowest BCUT2D eigenvalue weighted by molar-refractivity contribution is -0.142. The zero-order chi connectivity index (χ0) is 16.2. The van der Waals surface area contributed by atoms with Crippen molar-refractivity contribution in [3.63, 3.8) is 0 Å². The van der Waals surface area contributed by atoms with Crippen LogP contribution in [0.5, 0.6) is 0 Å². The molecule has 5 heteroatoms. The van der Waals surface area contributed by atoms with Crippen molar-refractivity contribution in [2.24, 2.45) is 0 Å². The van der Waals surface area contributed by atoms with E-state index in [2.05, 4.69) is 4.98 Å². The Morgan fingerprint density at radius 1 is 1.22 bits per heavy atom. The zero-order valence-electron chi connectivity index (χ0n) is 13.0. The Morgan fingerprint density at radius 3 is 2.65 bits per heavy atom. The molecule has 2 aromatic carbocycles. The summed E-state index contributed by atoms with van der Waals surface area (Å²) in [5, 5.41) is -0.392. The van der Waals surface area contributed by atoms with E-state index in [0.717, 1.165) is 20.1 Å². The summed E-state index contributed by atoms with van der Waals surface area (Å²) in [5.74, 6) is -0.222. The van der Waals surface area contributed by atoms with Crippen molar-refractivity contribution < 1.29 is 9.53 Å². The molecule has 3 nitrogen and oxygen atoms in total. The second-order valence-corrected chi connectivity index (χ2v) is 7.49. The van der Waals surface area contributed by atoms with Crippen LogP contribution in [0.15, 0.2) is 52.9 Å². The van der Waals surface area contributed by atoms with Gasteiger partial charge in [0, 0.05) is 0 Å². The van der Waals surface area contributed by atoms with E-state index >= 15 is 0 Å². The molecule has 0 fully saturated rings. The van der Waals surface area contributed by atoms with Gasteiger partial charge in [0.1, 0.15) is 5.25 Å². The predicted octanol–water partition coefficient (Wildman–Crippen LogP) is 5.00. The number of benzene rings is 2. The first kappa shape index (κ1) is 16.0. The van der Waals surface area contributed by atoms with Gasteiger partial charge in [-0.05, 0) is 31.5 Å². The van der Waals surface area contributed by atoms with E-state index < -0.39 is 5.25 Å². The molecule has 0 saturated heterocycles. The number of para-hydroxylation sites is 1. The second-order valence-electron chi connectivity index (χ2n) is 5.11. The number of aromatic nitrogens is 1. The summed E-state index contributed by atoms with van der Waals surface area (Å²) < 4.78 is 7.26. The van der Waals surface area contributed by atoms with Crippen molar-refractivity contribution >= 4 is 39.3 Å². The van der Waals surface area contributed by atoms with Crippen LogP contribution in [0.3, 0.4) is 0 Å². The number of hydrogen-bond acceptors (Lipinski definition) is 5. The summed E-state index contributed by atoms with van der Waals surface area (Å²) in [6, 6.07) is 16.0. The van der Waals surface area contributed by atoms with Gasteiger partial charge in [0.05, 0.1) is 16.8 Å². The Morgan fingerprint density at radius 2 is 1.96 bits per heavy atom. The topological polar surface area (TPSA) is 39.2 Å². The third-order valence-corrected chi connectivity index (χ3v) is 5.74. The molecular weight excluding hydrogens is 326 g/mol. The fourth-order valence-electron chi connectivity index (χ4n) is 2.21. The Kier molecular flexibility index (Phi) is 4.98. The number of esters is 1. The number of carbonyl (C=O) groups excluding carboxylic acids is 1. The molecule has 0 bridgehead atoms. The molecule has 3 aromatic rings. The third kappa shape index (κ3) is 3.74. The molecule has 0 amide bonds. The standard InChI is InChI=1S/C18H17NO2S2/c1-3-21-17(20)16(13-10-8-12(2)9-11-13)23-18-19-14-6-4-5-7-15(14)22-18/h4-11,16H,3H2,1-2H3. The average molecular weight is 343 g/mol. The molecule has 0 spiro atoms. The van der Waals surface area contributed by atoms with Gasteiger partial charge in [-0.2, -0.15) is 0 Å². The summed E-state index contributed by atoms with van der Waals surface area (Å²) >= 11 is 3.06. The maximum Gasteiger partial charge on any atom is 0.324 e. The highest BCUT2D eigenvalue weighted by molar-refractivity contribution is 8.02. The summed E-state index contributed by atoms with van der Waals surface area (Å²) in [6.45, 7) is 4.23. The molecule has 3 rings (SSSR count). The molecule has 118 valence electrons. The second kappa shape index (κ2) is 7.15. The van der Waals surface area contributed by atoms with Crippen LogP contribution in [0, 0.1) is 6.92 Å². The molecule has 0 radical (unpaired) electrons. The highest BCUT2D eigenvalue weighted by Gasteiger charge is 2.25. The van der Waals surface area contributed by atoms with Crippen molar-refractivity contribution in [3.05, 3.63) is 59.7 Å². The number of fused-ring (bicyclic) bond motifs is 1. The van der Waals surface area contributed by atoms with Gasteiger partial charge < -0.3 is 4.74 Å². The molecule has 1 heterocycles. The number of nitrogens with zero attached hydrogens (tertiary/aromatic N) is 1. The summed E-state index contributed by atoms with van der Waals surface area (Å²) in [6.07, 6.45) is 0. The molecule has 0 saturated carbocycles. The van der Waals surface area contributed by atoms with E-state index in [4.69, 9.17) is 4.74 Å². The SMILES string of the molecule is CCOC(=O)C(Sc1nc2ccccc2s1)c1ccc(C)cc1. The minimum atomic E-state index is -0.392. The van der Waals surface area contributed by atoms with Gasteiger partial charge in [-0.25, -0.2) is 4.98 Å². The van der Waals surface area contributed by atoms with E-state index in [-0.39, 0.29) is 5.97 Å². The molecule has 0 aliphatic heterocycles. The average Bonchev–Trinajstić information content (AvgIpc) is 2.96. The van der Waals surface area contributed by atoms with Crippen LogP contribution in [-0.4, -0.2) is 17.6 Å². The Balaban J connectivity index is 1.91. The van der Waals surface area contributed by atoms with Gasteiger partial charge in [-0.3, -0.25) is 4.79 Å². The number of carbonyl (C=O) groups is 1. The van der Waals surface area contributed by atoms with Gasteiger partial charge in [0.15, 0.2) is 4.34 Å². The molecule has 1 atom stereocenters. The molecular formula is C18H17NO2S2. The highest BCUT2D eigenvalue weighted by Crippen LogP contribution is 2.40. The number of hydrogen-bond donors (Lipinski definition) is 0. The Labute approximate surface area is 143 Å². The summed E-state index contributed by atoms with van der Waals surface area (Å²) in [5.41, 5.74) is 3.08. The largest absolute Gasteiger partial charge is 0.465 e. The summed E-state index contributed by atoms with van der Waals surface area (Å²) in [7, 11) is 0. The van der Waals surface area contributed by atoms with E-state index in [1.807, 2.05) is 62.4 Å². The first-order chi connectivity index (χ1) is 11.2. The van der Waals surface area contributed by atoms with E-state index in [9.17, 15) is 4.79 Å². The first-order valence-electron chi connectivity index (χ1n) is 7.43. The van der Waals surface area contributed by atoms with Crippen molar-refractivity contribution in [1.82, 2.24) is 4.98 Å². The van der Waals surface area contributed by atoms with Crippen molar-refractivity contribution in [2.75, 3.05) is 6.61 Å². The van der Waals surface area contributed by atoms with Crippen molar-refractivity contribution in [2.45, 2.75) is 23.4 Å². The molecule has 23 heavy (non-hydrogen) atoms. The monoisotopic (exact) mass is 343 g/mol. The molecule has 0 N–H and O–H groups in total. The normalized spacial score (nSPS) is 12.3. The minimum Gasteiger partial charge on any atom is -0.465 e.